The summed E-state index contributed by atoms with van der Waals surface area (Å²) in [5.41, 5.74) is 0.00439. The molecule has 8 heteroatoms. The molecule has 0 rings (SSSR count). The van der Waals surface area contributed by atoms with Gasteiger partial charge in [-0.2, -0.15) is 0 Å². The number of rotatable bonds is 24. The van der Waals surface area contributed by atoms with E-state index in [0.717, 1.165) is 26.1 Å². The van der Waals surface area contributed by atoms with Crippen LogP contribution in [-0.4, -0.2) is 62.6 Å². The molecule has 3 N–H and O–H groups in total. The molecule has 32 heavy (non-hydrogen) atoms. The Morgan fingerprint density at radius 3 is 1.31 bits per heavy atom. The van der Waals surface area contributed by atoms with Gasteiger partial charge in [-0.25, -0.2) is 0 Å². The number of ether oxygens (including phenoxy) is 2. The van der Waals surface area contributed by atoms with Crippen molar-refractivity contribution in [2.24, 2.45) is 0 Å². The Kier molecular flexibility index (Phi) is 20.7. The van der Waals surface area contributed by atoms with Crippen molar-refractivity contribution in [1.82, 2.24) is 0 Å². The van der Waals surface area contributed by atoms with Crippen LogP contribution in [0.3, 0.4) is 0 Å². The van der Waals surface area contributed by atoms with E-state index < -0.39 is 7.28 Å². The van der Waals surface area contributed by atoms with Crippen LogP contribution in [0.2, 0.25) is 0 Å². The third kappa shape index (κ3) is 22.7. The van der Waals surface area contributed by atoms with E-state index in [0.29, 0.717) is 11.5 Å². The first kappa shape index (κ1) is 32.9. The second-order valence-corrected chi connectivity index (χ2v) is 15.3. The average Bonchev–Trinajstić information content (AvgIpc) is 2.71. The molecule has 0 aliphatic heterocycles. The zero-order chi connectivity index (χ0) is 24.2. The summed E-state index contributed by atoms with van der Waals surface area (Å²) in [6.07, 6.45) is 14.9. The Bertz CT molecular complexity index is 387. The van der Waals surface area contributed by atoms with E-state index >= 15 is 0 Å². The summed E-state index contributed by atoms with van der Waals surface area (Å²) in [6, 6.07) is 0. The minimum Gasteiger partial charge on any atom is -0.0654 e. The standard InChI is InChI=1S/C24H53O5PS2/c1-5-7-9-11-13-15-17-28-23(3)31-21-19-30(25,26,27)20-22-32-24(4)29-18-16-14-12-10-8-6-2/h23-27H,5-22H2,1-4H3. The molecule has 0 saturated carbocycles. The third-order valence-electron chi connectivity index (χ3n) is 5.50. The van der Waals surface area contributed by atoms with Gasteiger partial charge in [0.2, 0.25) is 0 Å². The number of thioether (sulfide) groups is 2. The SMILES string of the molecule is CCCCCCCCOC(C)SCCP(O)(O)(O)CCSC(C)OCCCCCCCC. The molecule has 0 aromatic carbocycles. The minimum absolute atomic E-state index is 0.00220. The fourth-order valence-corrected chi connectivity index (χ4v) is 8.39. The summed E-state index contributed by atoms with van der Waals surface area (Å²) in [5, 5.41) is 0. The molecule has 0 fully saturated rings. The van der Waals surface area contributed by atoms with Crippen molar-refractivity contribution in [2.45, 2.75) is 116 Å². The van der Waals surface area contributed by atoms with Crippen LogP contribution in [0.25, 0.3) is 0 Å². The predicted molar refractivity (Wildman–Crippen MR) is 146 cm³/mol. The van der Waals surface area contributed by atoms with E-state index in [1.165, 1.54) is 87.7 Å². The van der Waals surface area contributed by atoms with Gasteiger partial charge in [-0.3, -0.25) is 0 Å². The monoisotopic (exact) mass is 516 g/mol. The molecule has 0 aliphatic carbocycles. The van der Waals surface area contributed by atoms with Crippen molar-refractivity contribution in [1.29, 1.82) is 0 Å². The maximum absolute atomic E-state index is 10.4. The molecule has 2 atom stereocenters. The van der Waals surface area contributed by atoms with E-state index in [1.807, 2.05) is 13.8 Å². The average molecular weight is 517 g/mol. The molecule has 0 saturated heterocycles. The van der Waals surface area contributed by atoms with Crippen LogP contribution in [0.1, 0.15) is 105 Å². The van der Waals surface area contributed by atoms with Crippen molar-refractivity contribution < 1.29 is 24.2 Å². The molecule has 0 spiro atoms. The predicted octanol–water partition coefficient (Wildman–Crippen LogP) is 7.17. The molecule has 0 radical (unpaired) electrons. The molecule has 196 valence electrons. The van der Waals surface area contributed by atoms with E-state index in [1.54, 1.807) is 0 Å². The summed E-state index contributed by atoms with van der Waals surface area (Å²) < 4.78 is 11.6. The van der Waals surface area contributed by atoms with Crippen LogP contribution in [0, 0.1) is 0 Å². The molecule has 0 aliphatic rings. The van der Waals surface area contributed by atoms with Gasteiger partial charge in [0.15, 0.2) is 0 Å². The molecule has 5 nitrogen and oxygen atoms in total. The van der Waals surface area contributed by atoms with Crippen molar-refractivity contribution in [3.63, 3.8) is 0 Å². The van der Waals surface area contributed by atoms with E-state index in [-0.39, 0.29) is 23.2 Å². The van der Waals surface area contributed by atoms with Crippen LogP contribution in [-0.2, 0) is 9.47 Å². The molecule has 0 aromatic rings. The van der Waals surface area contributed by atoms with Crippen molar-refractivity contribution in [2.75, 3.05) is 37.0 Å². The normalized spacial score (nSPS) is 15.4. The van der Waals surface area contributed by atoms with Gasteiger partial charge >= 0.3 is 194 Å². The van der Waals surface area contributed by atoms with Gasteiger partial charge < -0.3 is 0 Å². The first-order valence-electron chi connectivity index (χ1n) is 12.9. The maximum atomic E-state index is 10.4. The van der Waals surface area contributed by atoms with Crippen molar-refractivity contribution in [3.8, 4) is 0 Å². The number of hydrogen-bond donors (Lipinski definition) is 3. The molecule has 0 amide bonds. The van der Waals surface area contributed by atoms with Crippen LogP contribution < -0.4 is 0 Å². The molecule has 0 aromatic heterocycles. The molecule has 2 unspecified atom stereocenters. The number of unbranched alkanes of at least 4 members (excludes halogenated alkanes) is 10. The summed E-state index contributed by atoms with van der Waals surface area (Å²) in [5.74, 6) is 0.960. The number of hydrogen-bond acceptors (Lipinski definition) is 7. The summed E-state index contributed by atoms with van der Waals surface area (Å²) >= 11 is 3.07. The topological polar surface area (TPSA) is 79.2 Å². The van der Waals surface area contributed by atoms with Crippen LogP contribution in [0.4, 0.5) is 0 Å². The van der Waals surface area contributed by atoms with E-state index in [9.17, 15) is 14.7 Å². The second-order valence-electron chi connectivity index (χ2n) is 8.94. The summed E-state index contributed by atoms with van der Waals surface area (Å²) in [7, 11) is -4.58. The molecular weight excluding hydrogens is 463 g/mol. The second kappa shape index (κ2) is 20.2. The first-order chi connectivity index (χ1) is 15.2. The fourth-order valence-electron chi connectivity index (χ4n) is 3.28. The van der Waals surface area contributed by atoms with E-state index in [2.05, 4.69) is 13.8 Å². The van der Waals surface area contributed by atoms with E-state index in [4.69, 9.17) is 9.47 Å². The molecular formula is C24H53O5PS2. The summed E-state index contributed by atoms with van der Waals surface area (Å²) in [4.78, 5) is 31.1. The fraction of sp³-hybridized carbons (Fsp3) is 1.00. The molecule has 0 heterocycles. The van der Waals surface area contributed by atoms with Gasteiger partial charge in [0, 0.05) is 0 Å². The van der Waals surface area contributed by atoms with Crippen molar-refractivity contribution >= 4 is 30.8 Å². The quantitative estimate of drug-likeness (QED) is 0.0712. The van der Waals surface area contributed by atoms with Crippen LogP contribution in [0.15, 0.2) is 0 Å². The zero-order valence-corrected chi connectivity index (χ0v) is 23.8. The zero-order valence-electron chi connectivity index (χ0n) is 21.3. The van der Waals surface area contributed by atoms with Gasteiger partial charge in [-0.15, -0.1) is 0 Å². The summed E-state index contributed by atoms with van der Waals surface area (Å²) in [6.45, 7) is 9.91. The van der Waals surface area contributed by atoms with Crippen LogP contribution in [0.5, 0.6) is 0 Å². The van der Waals surface area contributed by atoms with Crippen LogP contribution >= 0.6 is 30.8 Å². The third-order valence-corrected chi connectivity index (χ3v) is 10.5. The van der Waals surface area contributed by atoms with Gasteiger partial charge in [-0.1, -0.05) is 13.8 Å². The van der Waals surface area contributed by atoms with Crippen molar-refractivity contribution in [3.05, 3.63) is 0 Å². The van der Waals surface area contributed by atoms with Gasteiger partial charge in [-0.05, 0) is 0 Å². The Morgan fingerprint density at radius 2 is 0.938 bits per heavy atom. The Hall–Kier alpha value is 0.930. The first-order valence-corrected chi connectivity index (χ1v) is 17.5. The van der Waals surface area contributed by atoms with Gasteiger partial charge in [0.05, 0.1) is 0 Å². The van der Waals surface area contributed by atoms with Gasteiger partial charge in [0.25, 0.3) is 0 Å². The smallest absolute Gasteiger partial charge is 0.0654 e. The Labute approximate surface area is 207 Å². The van der Waals surface area contributed by atoms with Gasteiger partial charge in [0.1, 0.15) is 0 Å². The molecule has 0 bridgehead atoms. The Morgan fingerprint density at radius 1 is 0.594 bits per heavy atom. The Balaban J connectivity index is 3.78. The minimum atomic E-state index is -4.58.